The first-order valence-electron chi connectivity index (χ1n) is 5.58. The van der Waals surface area contributed by atoms with Crippen molar-refractivity contribution in [2.24, 2.45) is 5.73 Å². The Balaban J connectivity index is 2.66. The number of nitrogens with one attached hydrogen (secondary N) is 1. The highest BCUT2D eigenvalue weighted by atomic mass is 32.2. The number of thiophene rings is 1. The van der Waals surface area contributed by atoms with E-state index in [4.69, 9.17) is 5.73 Å². The molecule has 1 aromatic heterocycles. The van der Waals surface area contributed by atoms with Gasteiger partial charge in [-0.05, 0) is 13.0 Å². The van der Waals surface area contributed by atoms with E-state index in [9.17, 15) is 13.2 Å². The summed E-state index contributed by atoms with van der Waals surface area (Å²) < 4.78 is 22.2. The van der Waals surface area contributed by atoms with Gasteiger partial charge in [0.2, 0.25) is 0 Å². The highest BCUT2D eigenvalue weighted by Crippen LogP contribution is 2.13. The van der Waals surface area contributed by atoms with Crippen LogP contribution >= 0.6 is 11.3 Å². The van der Waals surface area contributed by atoms with Gasteiger partial charge in [0.25, 0.3) is 5.91 Å². The van der Waals surface area contributed by atoms with E-state index in [0.29, 0.717) is 5.56 Å². The van der Waals surface area contributed by atoms with Crippen LogP contribution in [0.1, 0.15) is 22.2 Å². The molecule has 0 saturated heterocycles. The molecule has 1 unspecified atom stereocenters. The van der Waals surface area contributed by atoms with Gasteiger partial charge in [-0.1, -0.05) is 11.8 Å². The summed E-state index contributed by atoms with van der Waals surface area (Å²) in [5.74, 6) is 5.17. The Morgan fingerprint density at radius 2 is 2.26 bits per heavy atom. The molecule has 0 aliphatic rings. The molecule has 1 aromatic rings. The van der Waals surface area contributed by atoms with E-state index in [1.165, 1.54) is 11.3 Å². The minimum atomic E-state index is -3.11. The van der Waals surface area contributed by atoms with E-state index >= 15 is 0 Å². The molecule has 0 aromatic carbocycles. The molecule has 3 N–H and O–H groups in total. The van der Waals surface area contributed by atoms with Gasteiger partial charge in [0.05, 0.1) is 22.7 Å². The predicted octanol–water partition coefficient (Wildman–Crippen LogP) is 0.221. The van der Waals surface area contributed by atoms with Gasteiger partial charge in [-0.15, -0.1) is 11.3 Å². The number of amides is 1. The number of sulfone groups is 1. The molecular formula is C12H16N2O3S2. The van der Waals surface area contributed by atoms with Crippen molar-refractivity contribution >= 4 is 27.1 Å². The number of rotatable bonds is 4. The Labute approximate surface area is 117 Å². The summed E-state index contributed by atoms with van der Waals surface area (Å²) in [5, 5.41) is 4.32. The Morgan fingerprint density at radius 3 is 2.84 bits per heavy atom. The minimum absolute atomic E-state index is 0.0806. The average Bonchev–Trinajstić information content (AvgIpc) is 2.72. The van der Waals surface area contributed by atoms with Gasteiger partial charge in [-0.25, -0.2) is 8.42 Å². The second-order valence-corrected chi connectivity index (χ2v) is 7.27. The maximum atomic E-state index is 11.9. The lowest BCUT2D eigenvalue weighted by Crippen LogP contribution is -2.37. The van der Waals surface area contributed by atoms with Crippen molar-refractivity contribution in [2.75, 3.05) is 18.6 Å². The van der Waals surface area contributed by atoms with Gasteiger partial charge in [0, 0.05) is 17.7 Å². The van der Waals surface area contributed by atoms with E-state index in [-0.39, 0.29) is 18.2 Å². The van der Waals surface area contributed by atoms with Gasteiger partial charge >= 0.3 is 0 Å². The van der Waals surface area contributed by atoms with Crippen LogP contribution < -0.4 is 11.1 Å². The van der Waals surface area contributed by atoms with Crippen molar-refractivity contribution in [3.63, 3.8) is 0 Å². The van der Waals surface area contributed by atoms with E-state index in [0.717, 1.165) is 11.1 Å². The third-order valence-corrected chi connectivity index (χ3v) is 4.06. The first-order chi connectivity index (χ1) is 8.81. The molecule has 0 radical (unpaired) electrons. The smallest absolute Gasteiger partial charge is 0.252 e. The molecule has 7 heteroatoms. The van der Waals surface area contributed by atoms with E-state index in [1.54, 1.807) is 18.4 Å². The Kier molecular flexibility index (Phi) is 5.54. The highest BCUT2D eigenvalue weighted by molar-refractivity contribution is 7.90. The third-order valence-electron chi connectivity index (χ3n) is 2.11. The van der Waals surface area contributed by atoms with Gasteiger partial charge in [-0.3, -0.25) is 4.79 Å². The second-order valence-electron chi connectivity index (χ2n) is 4.17. The third kappa shape index (κ3) is 5.87. The van der Waals surface area contributed by atoms with Crippen LogP contribution in [-0.4, -0.2) is 38.9 Å². The largest absolute Gasteiger partial charge is 0.349 e. The lowest BCUT2D eigenvalue weighted by molar-refractivity contribution is 0.0944. The van der Waals surface area contributed by atoms with Crippen molar-refractivity contribution in [1.82, 2.24) is 5.32 Å². The fourth-order valence-electron chi connectivity index (χ4n) is 1.46. The van der Waals surface area contributed by atoms with Crippen molar-refractivity contribution < 1.29 is 13.2 Å². The van der Waals surface area contributed by atoms with Gasteiger partial charge in [0.15, 0.2) is 0 Å². The molecule has 104 valence electrons. The van der Waals surface area contributed by atoms with Crippen LogP contribution in [0, 0.1) is 11.8 Å². The topological polar surface area (TPSA) is 89.3 Å². The molecular weight excluding hydrogens is 284 g/mol. The predicted molar refractivity (Wildman–Crippen MR) is 76.9 cm³/mol. The van der Waals surface area contributed by atoms with Crippen molar-refractivity contribution in [3.8, 4) is 11.8 Å². The Morgan fingerprint density at radius 1 is 1.58 bits per heavy atom. The van der Waals surface area contributed by atoms with Crippen molar-refractivity contribution in [1.29, 1.82) is 0 Å². The Hall–Kier alpha value is -1.36. The van der Waals surface area contributed by atoms with Gasteiger partial charge < -0.3 is 11.1 Å². The summed E-state index contributed by atoms with van der Waals surface area (Å²) in [7, 11) is -3.11. The fourth-order valence-corrected chi connectivity index (χ4v) is 3.21. The van der Waals surface area contributed by atoms with Crippen LogP contribution in [0.2, 0.25) is 0 Å². The van der Waals surface area contributed by atoms with Crippen LogP contribution in [0.5, 0.6) is 0 Å². The number of carbonyl (C=O) groups excluding carboxylic acids is 1. The molecule has 0 saturated carbocycles. The van der Waals surface area contributed by atoms with Crippen LogP contribution in [-0.2, 0) is 9.84 Å². The summed E-state index contributed by atoms with van der Waals surface area (Å²) >= 11 is 1.35. The molecule has 19 heavy (non-hydrogen) atoms. The number of nitrogens with two attached hydrogens (primary N) is 1. The fraction of sp³-hybridized carbons (Fsp3) is 0.417. The first-order valence-corrected chi connectivity index (χ1v) is 8.52. The zero-order chi connectivity index (χ0) is 14.5. The second kappa shape index (κ2) is 6.70. The molecule has 1 rings (SSSR count). The van der Waals surface area contributed by atoms with Crippen LogP contribution in [0.25, 0.3) is 0 Å². The lowest BCUT2D eigenvalue weighted by atomic mass is 10.2. The maximum Gasteiger partial charge on any atom is 0.252 e. The van der Waals surface area contributed by atoms with Gasteiger partial charge in [-0.2, -0.15) is 0 Å². The standard InChI is InChI=1S/C12H16N2O3S2/c1-9(8-19(2,16)17)14-12(15)10-6-11(18-7-10)4-3-5-13/h6-7,9H,5,8,13H2,1-2H3,(H,14,15). The quantitative estimate of drug-likeness (QED) is 0.779. The SMILES string of the molecule is CC(CS(C)(=O)=O)NC(=O)c1csc(C#CCN)c1. The molecule has 0 aliphatic carbocycles. The summed E-state index contributed by atoms with van der Waals surface area (Å²) in [4.78, 5) is 12.6. The Bertz CT molecular complexity index is 608. The summed E-state index contributed by atoms with van der Waals surface area (Å²) in [5.41, 5.74) is 5.74. The summed E-state index contributed by atoms with van der Waals surface area (Å²) in [6, 6.07) is 1.23. The molecule has 5 nitrogen and oxygen atoms in total. The summed E-state index contributed by atoms with van der Waals surface area (Å²) in [6.07, 6.45) is 1.14. The van der Waals surface area contributed by atoms with E-state index in [1.807, 2.05) is 0 Å². The molecule has 0 fully saturated rings. The zero-order valence-corrected chi connectivity index (χ0v) is 12.4. The highest BCUT2D eigenvalue weighted by Gasteiger charge is 2.15. The molecule has 1 heterocycles. The molecule has 0 aliphatic heterocycles. The molecule has 1 atom stereocenters. The first kappa shape index (κ1) is 15.7. The summed E-state index contributed by atoms with van der Waals surface area (Å²) in [6.45, 7) is 1.92. The number of hydrogen-bond donors (Lipinski definition) is 2. The van der Waals surface area contributed by atoms with E-state index in [2.05, 4.69) is 17.2 Å². The number of carbonyl (C=O) groups is 1. The van der Waals surface area contributed by atoms with E-state index < -0.39 is 15.9 Å². The number of hydrogen-bond acceptors (Lipinski definition) is 5. The lowest BCUT2D eigenvalue weighted by Gasteiger charge is -2.11. The van der Waals surface area contributed by atoms with Crippen molar-refractivity contribution in [2.45, 2.75) is 13.0 Å². The van der Waals surface area contributed by atoms with Crippen LogP contribution in [0.15, 0.2) is 11.4 Å². The average molecular weight is 300 g/mol. The molecule has 0 spiro atoms. The molecule has 0 bridgehead atoms. The monoisotopic (exact) mass is 300 g/mol. The maximum absolute atomic E-state index is 11.9. The molecule has 1 amide bonds. The van der Waals surface area contributed by atoms with Crippen molar-refractivity contribution in [3.05, 3.63) is 21.9 Å². The van der Waals surface area contributed by atoms with Crippen LogP contribution in [0.3, 0.4) is 0 Å². The van der Waals surface area contributed by atoms with Gasteiger partial charge in [0.1, 0.15) is 9.84 Å². The zero-order valence-electron chi connectivity index (χ0n) is 10.8. The van der Waals surface area contributed by atoms with Crippen LogP contribution in [0.4, 0.5) is 0 Å². The normalized spacial score (nSPS) is 12.4. The minimum Gasteiger partial charge on any atom is -0.349 e.